The lowest BCUT2D eigenvalue weighted by molar-refractivity contribution is -0.0567. The highest BCUT2D eigenvalue weighted by molar-refractivity contribution is 4.69. The third-order valence-electron chi connectivity index (χ3n) is 3.31. The van der Waals surface area contributed by atoms with Crippen molar-refractivity contribution in [2.24, 2.45) is 5.92 Å². The fourth-order valence-electron chi connectivity index (χ4n) is 1.97. The summed E-state index contributed by atoms with van der Waals surface area (Å²) in [4.78, 5) is 0. The molecule has 16 heavy (non-hydrogen) atoms. The lowest BCUT2D eigenvalue weighted by atomic mass is 9.95. The summed E-state index contributed by atoms with van der Waals surface area (Å²) < 4.78 is 16.3. The van der Waals surface area contributed by atoms with Gasteiger partial charge in [0.1, 0.15) is 0 Å². The fourth-order valence-corrected chi connectivity index (χ4v) is 1.97. The number of hydrogen-bond donors (Lipinski definition) is 0. The molecule has 96 valence electrons. The Morgan fingerprint density at radius 2 is 1.94 bits per heavy atom. The van der Waals surface area contributed by atoms with E-state index in [1.54, 1.807) is 7.11 Å². The zero-order valence-corrected chi connectivity index (χ0v) is 11.1. The molecule has 1 rings (SSSR count). The first-order valence-electron chi connectivity index (χ1n) is 6.32. The predicted molar refractivity (Wildman–Crippen MR) is 64.4 cm³/mol. The van der Waals surface area contributed by atoms with Crippen LogP contribution >= 0.6 is 0 Å². The van der Waals surface area contributed by atoms with Crippen LogP contribution in [0.2, 0.25) is 0 Å². The van der Waals surface area contributed by atoms with Gasteiger partial charge in [-0.05, 0) is 26.2 Å². The molecular weight excluding hydrogens is 204 g/mol. The van der Waals surface area contributed by atoms with Crippen LogP contribution in [0.25, 0.3) is 0 Å². The molecule has 0 spiro atoms. The van der Waals surface area contributed by atoms with Gasteiger partial charge in [0.2, 0.25) is 0 Å². The molecule has 0 aromatic heterocycles. The first kappa shape index (κ1) is 13.9. The van der Waals surface area contributed by atoms with E-state index in [0.717, 1.165) is 26.1 Å². The number of hydrogen-bond acceptors (Lipinski definition) is 3. The van der Waals surface area contributed by atoms with Gasteiger partial charge in [-0.15, -0.1) is 0 Å². The van der Waals surface area contributed by atoms with Gasteiger partial charge >= 0.3 is 0 Å². The van der Waals surface area contributed by atoms with Gasteiger partial charge in [-0.25, -0.2) is 0 Å². The van der Waals surface area contributed by atoms with Gasteiger partial charge in [0.25, 0.3) is 0 Å². The third-order valence-corrected chi connectivity index (χ3v) is 3.31. The van der Waals surface area contributed by atoms with E-state index >= 15 is 0 Å². The summed E-state index contributed by atoms with van der Waals surface area (Å²) in [5.74, 6) is 0.663. The maximum Gasteiger partial charge on any atom is 0.158 e. The van der Waals surface area contributed by atoms with Crippen LogP contribution in [0.3, 0.4) is 0 Å². The molecule has 3 heteroatoms. The lowest BCUT2D eigenvalue weighted by Crippen LogP contribution is -2.22. The quantitative estimate of drug-likeness (QED) is 0.673. The Hall–Kier alpha value is -0.120. The van der Waals surface area contributed by atoms with Crippen LogP contribution in [0.1, 0.15) is 46.5 Å². The standard InChI is InChI=1S/C13H26O3/c1-11(10-12-15-8-9-16-12)6-5-7-13(2,3)14-4/h11-12H,5-10H2,1-4H3. The normalized spacial score (nSPS) is 20.2. The van der Waals surface area contributed by atoms with Gasteiger partial charge < -0.3 is 14.2 Å². The molecule has 0 radical (unpaired) electrons. The van der Waals surface area contributed by atoms with Gasteiger partial charge in [0.05, 0.1) is 18.8 Å². The van der Waals surface area contributed by atoms with Gasteiger partial charge in [0.15, 0.2) is 6.29 Å². The highest BCUT2D eigenvalue weighted by Gasteiger charge is 2.20. The second-order valence-electron chi connectivity index (χ2n) is 5.37. The Labute approximate surface area is 99.5 Å². The molecule has 1 fully saturated rings. The lowest BCUT2D eigenvalue weighted by Gasteiger charge is -2.23. The Morgan fingerprint density at radius 3 is 2.50 bits per heavy atom. The van der Waals surface area contributed by atoms with E-state index in [9.17, 15) is 0 Å². The summed E-state index contributed by atoms with van der Waals surface area (Å²) in [5.41, 5.74) is 0.0140. The number of ether oxygens (including phenoxy) is 3. The maximum absolute atomic E-state index is 5.45. The van der Waals surface area contributed by atoms with Gasteiger partial charge in [-0.1, -0.05) is 19.8 Å². The van der Waals surface area contributed by atoms with Crippen LogP contribution in [0.5, 0.6) is 0 Å². The molecule has 0 saturated carbocycles. The molecule has 0 aliphatic carbocycles. The summed E-state index contributed by atoms with van der Waals surface area (Å²) >= 11 is 0. The zero-order chi connectivity index (χ0) is 12.0. The van der Waals surface area contributed by atoms with Crippen LogP contribution in [-0.4, -0.2) is 32.2 Å². The highest BCUT2D eigenvalue weighted by atomic mass is 16.7. The van der Waals surface area contributed by atoms with Crippen molar-refractivity contribution >= 4 is 0 Å². The third kappa shape index (κ3) is 5.28. The molecule has 1 atom stereocenters. The molecule has 1 saturated heterocycles. The first-order chi connectivity index (χ1) is 7.53. The van der Waals surface area contributed by atoms with Crippen molar-refractivity contribution in [2.75, 3.05) is 20.3 Å². The van der Waals surface area contributed by atoms with E-state index in [4.69, 9.17) is 14.2 Å². The van der Waals surface area contributed by atoms with Crippen LogP contribution in [0.4, 0.5) is 0 Å². The van der Waals surface area contributed by atoms with Crippen LogP contribution < -0.4 is 0 Å². The van der Waals surface area contributed by atoms with Crippen molar-refractivity contribution in [2.45, 2.75) is 58.3 Å². The van der Waals surface area contributed by atoms with Crippen molar-refractivity contribution in [3.05, 3.63) is 0 Å². The van der Waals surface area contributed by atoms with E-state index in [1.807, 2.05) is 0 Å². The van der Waals surface area contributed by atoms with E-state index in [-0.39, 0.29) is 11.9 Å². The Kier molecular flexibility index (Phi) is 5.73. The highest BCUT2D eigenvalue weighted by Crippen LogP contribution is 2.22. The molecule has 1 unspecified atom stereocenters. The molecule has 0 N–H and O–H groups in total. The monoisotopic (exact) mass is 230 g/mol. The number of rotatable bonds is 7. The average molecular weight is 230 g/mol. The second-order valence-corrected chi connectivity index (χ2v) is 5.37. The summed E-state index contributed by atoms with van der Waals surface area (Å²) in [6.07, 6.45) is 4.60. The van der Waals surface area contributed by atoms with Gasteiger partial charge in [0, 0.05) is 13.5 Å². The summed E-state index contributed by atoms with van der Waals surface area (Å²) in [7, 11) is 1.78. The molecule has 3 nitrogen and oxygen atoms in total. The minimum atomic E-state index is 0.0140. The van der Waals surface area contributed by atoms with Crippen molar-refractivity contribution in [3.63, 3.8) is 0 Å². The van der Waals surface area contributed by atoms with E-state index in [2.05, 4.69) is 20.8 Å². The number of methoxy groups -OCH3 is 1. The van der Waals surface area contributed by atoms with Crippen molar-refractivity contribution in [3.8, 4) is 0 Å². The summed E-state index contributed by atoms with van der Waals surface area (Å²) in [5, 5.41) is 0. The molecule has 1 aliphatic heterocycles. The van der Waals surface area contributed by atoms with Crippen molar-refractivity contribution in [1.29, 1.82) is 0 Å². The Balaban J connectivity index is 2.07. The molecule has 0 aromatic carbocycles. The minimum Gasteiger partial charge on any atom is -0.379 e. The van der Waals surface area contributed by atoms with E-state index in [1.165, 1.54) is 12.8 Å². The average Bonchev–Trinajstić information content (AvgIpc) is 2.70. The molecule has 1 heterocycles. The smallest absolute Gasteiger partial charge is 0.158 e. The second kappa shape index (κ2) is 6.58. The topological polar surface area (TPSA) is 27.7 Å². The Morgan fingerprint density at radius 1 is 1.31 bits per heavy atom. The van der Waals surface area contributed by atoms with Crippen LogP contribution in [0, 0.1) is 5.92 Å². The van der Waals surface area contributed by atoms with Crippen LogP contribution in [-0.2, 0) is 14.2 Å². The molecule has 0 bridgehead atoms. The first-order valence-corrected chi connectivity index (χ1v) is 6.32. The Bertz CT molecular complexity index is 186. The maximum atomic E-state index is 5.45. The van der Waals surface area contributed by atoms with Crippen molar-refractivity contribution < 1.29 is 14.2 Å². The van der Waals surface area contributed by atoms with Gasteiger partial charge in [-0.2, -0.15) is 0 Å². The fraction of sp³-hybridized carbons (Fsp3) is 1.00. The largest absolute Gasteiger partial charge is 0.379 e. The van der Waals surface area contributed by atoms with Crippen LogP contribution in [0.15, 0.2) is 0 Å². The molecular formula is C13H26O3. The van der Waals surface area contributed by atoms with E-state index < -0.39 is 0 Å². The molecule has 0 amide bonds. The van der Waals surface area contributed by atoms with E-state index in [0.29, 0.717) is 5.92 Å². The predicted octanol–water partition coefficient (Wildman–Crippen LogP) is 2.98. The summed E-state index contributed by atoms with van der Waals surface area (Å²) in [6.45, 7) is 8.06. The molecule has 0 aromatic rings. The summed E-state index contributed by atoms with van der Waals surface area (Å²) in [6, 6.07) is 0. The minimum absolute atomic E-state index is 0.0140. The van der Waals surface area contributed by atoms with Crippen molar-refractivity contribution in [1.82, 2.24) is 0 Å². The van der Waals surface area contributed by atoms with Gasteiger partial charge in [-0.3, -0.25) is 0 Å². The SMILES string of the molecule is COC(C)(C)CCCC(C)CC1OCCO1. The zero-order valence-electron chi connectivity index (χ0n) is 11.1. The molecule has 1 aliphatic rings.